The Morgan fingerprint density at radius 2 is 2.19 bits per heavy atom. The zero-order chi connectivity index (χ0) is 14.8. The van der Waals surface area contributed by atoms with Gasteiger partial charge >= 0.3 is 6.03 Å². The van der Waals surface area contributed by atoms with E-state index in [0.717, 1.165) is 13.0 Å². The first-order chi connectivity index (χ1) is 10.1. The van der Waals surface area contributed by atoms with Gasteiger partial charge in [0.1, 0.15) is 0 Å². The third-order valence-electron chi connectivity index (χ3n) is 3.49. The van der Waals surface area contributed by atoms with E-state index in [1.165, 1.54) is 15.3 Å². The second kappa shape index (κ2) is 5.97. The summed E-state index contributed by atoms with van der Waals surface area (Å²) >= 11 is 3.44. The van der Waals surface area contributed by atoms with Crippen molar-refractivity contribution in [2.75, 3.05) is 13.1 Å². The van der Waals surface area contributed by atoms with E-state index in [9.17, 15) is 9.59 Å². The molecule has 7 heteroatoms. The molecule has 1 atom stereocenters. The summed E-state index contributed by atoms with van der Waals surface area (Å²) in [5.41, 5.74) is 6.27. The van der Waals surface area contributed by atoms with Gasteiger partial charge in [0.25, 0.3) is 0 Å². The molecule has 0 saturated heterocycles. The molecule has 2 aromatic rings. The van der Waals surface area contributed by atoms with Gasteiger partial charge in [0.15, 0.2) is 0 Å². The number of carbonyl (C=O) groups is 2. The molecule has 0 radical (unpaired) electrons. The number of hydrogen-bond acceptors (Lipinski definition) is 5. The molecule has 0 fully saturated rings. The minimum atomic E-state index is -0.805. The average Bonchev–Trinajstić information content (AvgIpc) is 3.07. The summed E-state index contributed by atoms with van der Waals surface area (Å²) in [5.74, 6) is -0.359. The lowest BCUT2D eigenvalue weighted by atomic mass is 9.98. The Balaban J connectivity index is 1.86. The maximum Gasteiger partial charge on any atom is 0.318 e. The highest BCUT2D eigenvalue weighted by Gasteiger charge is 2.31. The monoisotopic (exact) mass is 321 g/mol. The SMILES string of the molecule is NC(=O)NC(=O)CN1CCc2sccc2[C@H]1c1cccs1. The Bertz CT molecular complexity index is 651. The van der Waals surface area contributed by atoms with Crippen LogP contribution < -0.4 is 11.1 Å². The van der Waals surface area contributed by atoms with E-state index in [1.807, 2.05) is 11.4 Å². The third kappa shape index (κ3) is 2.99. The fourth-order valence-corrected chi connectivity index (χ4v) is 4.46. The molecule has 0 saturated carbocycles. The molecule has 0 aliphatic carbocycles. The minimum Gasteiger partial charge on any atom is -0.351 e. The van der Waals surface area contributed by atoms with Gasteiger partial charge in [0, 0.05) is 16.3 Å². The molecule has 0 bridgehead atoms. The molecular formula is C14H15N3O2S2. The predicted molar refractivity (Wildman–Crippen MR) is 83.5 cm³/mol. The number of primary amides is 1. The maximum absolute atomic E-state index is 11.8. The van der Waals surface area contributed by atoms with Crippen LogP contribution in [0.3, 0.4) is 0 Å². The number of hydrogen-bond donors (Lipinski definition) is 2. The quantitative estimate of drug-likeness (QED) is 0.907. The fraction of sp³-hybridized carbons (Fsp3) is 0.286. The Morgan fingerprint density at radius 1 is 1.33 bits per heavy atom. The summed E-state index contributed by atoms with van der Waals surface area (Å²) < 4.78 is 0. The summed E-state index contributed by atoms with van der Waals surface area (Å²) in [7, 11) is 0. The summed E-state index contributed by atoms with van der Waals surface area (Å²) in [5, 5.41) is 6.27. The van der Waals surface area contributed by atoms with Crippen molar-refractivity contribution in [1.82, 2.24) is 10.2 Å². The lowest BCUT2D eigenvalue weighted by Gasteiger charge is -2.34. The number of amides is 3. The van der Waals surface area contributed by atoms with Gasteiger partial charge in [0.05, 0.1) is 12.6 Å². The molecule has 3 heterocycles. The van der Waals surface area contributed by atoms with E-state index >= 15 is 0 Å². The molecule has 0 aromatic carbocycles. The highest BCUT2D eigenvalue weighted by Crippen LogP contribution is 2.39. The van der Waals surface area contributed by atoms with E-state index in [4.69, 9.17) is 5.73 Å². The molecule has 2 aromatic heterocycles. The van der Waals surface area contributed by atoms with Gasteiger partial charge in [-0.1, -0.05) is 6.07 Å². The maximum atomic E-state index is 11.8. The molecule has 3 rings (SSSR count). The Kier molecular flexibility index (Phi) is 4.05. The van der Waals surface area contributed by atoms with Crippen molar-refractivity contribution in [1.29, 1.82) is 0 Å². The zero-order valence-electron chi connectivity index (χ0n) is 11.2. The van der Waals surface area contributed by atoms with Gasteiger partial charge in [0.2, 0.25) is 5.91 Å². The van der Waals surface area contributed by atoms with Crippen molar-refractivity contribution in [3.05, 3.63) is 44.3 Å². The number of carbonyl (C=O) groups excluding carboxylic acids is 2. The van der Waals surface area contributed by atoms with Crippen LogP contribution in [0.1, 0.15) is 21.4 Å². The Hall–Kier alpha value is -1.70. The predicted octanol–water partition coefficient (Wildman–Crippen LogP) is 1.95. The second-order valence-corrected chi connectivity index (χ2v) is 6.83. The number of nitrogens with two attached hydrogens (primary N) is 1. The smallest absolute Gasteiger partial charge is 0.318 e. The molecule has 3 amide bonds. The molecule has 21 heavy (non-hydrogen) atoms. The van der Waals surface area contributed by atoms with Crippen LogP contribution in [-0.4, -0.2) is 29.9 Å². The standard InChI is InChI=1S/C14H15N3O2S2/c15-14(19)16-12(18)8-17-5-3-10-9(4-7-21-10)13(17)11-2-1-6-20-11/h1-2,4,6-7,13H,3,5,8H2,(H3,15,16,18,19)/t13-/m0/s1. The lowest BCUT2D eigenvalue weighted by Crippen LogP contribution is -2.45. The van der Waals surface area contributed by atoms with E-state index in [0.29, 0.717) is 0 Å². The van der Waals surface area contributed by atoms with Gasteiger partial charge in [-0.05, 0) is 34.9 Å². The van der Waals surface area contributed by atoms with Crippen LogP contribution in [0.25, 0.3) is 0 Å². The largest absolute Gasteiger partial charge is 0.351 e. The summed E-state index contributed by atoms with van der Waals surface area (Å²) in [6.07, 6.45) is 0.929. The van der Waals surface area contributed by atoms with E-state index < -0.39 is 6.03 Å². The first-order valence-electron chi connectivity index (χ1n) is 6.58. The van der Waals surface area contributed by atoms with Crippen LogP contribution in [0.4, 0.5) is 4.79 Å². The van der Waals surface area contributed by atoms with Crippen molar-refractivity contribution < 1.29 is 9.59 Å². The fourth-order valence-electron chi connectivity index (χ4n) is 2.68. The summed E-state index contributed by atoms with van der Waals surface area (Å²) in [6.45, 7) is 0.961. The normalized spacial score (nSPS) is 18.2. The second-order valence-electron chi connectivity index (χ2n) is 4.85. The van der Waals surface area contributed by atoms with Gasteiger partial charge in [-0.25, -0.2) is 4.79 Å². The average molecular weight is 321 g/mol. The number of imide groups is 1. The van der Waals surface area contributed by atoms with Crippen molar-refractivity contribution >= 4 is 34.6 Å². The number of nitrogens with one attached hydrogen (secondary N) is 1. The van der Waals surface area contributed by atoms with E-state index in [-0.39, 0.29) is 18.5 Å². The highest BCUT2D eigenvalue weighted by molar-refractivity contribution is 7.10. The lowest BCUT2D eigenvalue weighted by molar-refractivity contribution is -0.121. The molecule has 3 N–H and O–H groups in total. The van der Waals surface area contributed by atoms with Crippen LogP contribution >= 0.6 is 22.7 Å². The van der Waals surface area contributed by atoms with Crippen LogP contribution in [0.15, 0.2) is 29.0 Å². The van der Waals surface area contributed by atoms with Crippen LogP contribution in [0, 0.1) is 0 Å². The van der Waals surface area contributed by atoms with Crippen molar-refractivity contribution in [3.63, 3.8) is 0 Å². The Labute approximate surface area is 130 Å². The van der Waals surface area contributed by atoms with Crippen LogP contribution in [0.5, 0.6) is 0 Å². The van der Waals surface area contributed by atoms with E-state index in [1.54, 1.807) is 22.7 Å². The molecule has 5 nitrogen and oxygen atoms in total. The number of fused-ring (bicyclic) bond motifs is 1. The van der Waals surface area contributed by atoms with Gasteiger partial charge in [-0.2, -0.15) is 0 Å². The number of thiophene rings is 2. The first-order valence-corrected chi connectivity index (χ1v) is 8.34. The highest BCUT2D eigenvalue weighted by atomic mass is 32.1. The number of nitrogens with zero attached hydrogens (tertiary/aromatic N) is 1. The van der Waals surface area contributed by atoms with Crippen molar-refractivity contribution in [2.24, 2.45) is 5.73 Å². The summed E-state index contributed by atoms with van der Waals surface area (Å²) in [6, 6.07) is 5.51. The molecule has 0 unspecified atom stereocenters. The molecule has 0 spiro atoms. The molecule has 110 valence electrons. The minimum absolute atomic E-state index is 0.0821. The van der Waals surface area contributed by atoms with Crippen LogP contribution in [-0.2, 0) is 11.2 Å². The first kappa shape index (κ1) is 14.2. The van der Waals surface area contributed by atoms with Crippen LogP contribution in [0.2, 0.25) is 0 Å². The zero-order valence-corrected chi connectivity index (χ0v) is 12.9. The topological polar surface area (TPSA) is 75.4 Å². The summed E-state index contributed by atoms with van der Waals surface area (Å²) in [4.78, 5) is 27.3. The molecule has 1 aliphatic heterocycles. The number of rotatable bonds is 3. The molecular weight excluding hydrogens is 306 g/mol. The number of urea groups is 1. The van der Waals surface area contributed by atoms with E-state index in [2.05, 4.69) is 27.7 Å². The van der Waals surface area contributed by atoms with Gasteiger partial charge in [-0.15, -0.1) is 22.7 Å². The van der Waals surface area contributed by atoms with Crippen molar-refractivity contribution in [2.45, 2.75) is 12.5 Å². The third-order valence-corrected chi connectivity index (χ3v) is 5.41. The Morgan fingerprint density at radius 3 is 2.90 bits per heavy atom. The van der Waals surface area contributed by atoms with Gasteiger partial charge in [-0.3, -0.25) is 15.0 Å². The van der Waals surface area contributed by atoms with Gasteiger partial charge < -0.3 is 5.73 Å². The van der Waals surface area contributed by atoms with Crippen molar-refractivity contribution in [3.8, 4) is 0 Å². The molecule has 1 aliphatic rings.